The summed E-state index contributed by atoms with van der Waals surface area (Å²) in [5.74, 6) is 1.16. The Balaban J connectivity index is 1.94. The summed E-state index contributed by atoms with van der Waals surface area (Å²) in [4.78, 5) is 16.5. The van der Waals surface area contributed by atoms with E-state index in [0.29, 0.717) is 30.5 Å². The van der Waals surface area contributed by atoms with Gasteiger partial charge in [-0.25, -0.2) is 4.98 Å². The van der Waals surface area contributed by atoms with E-state index in [1.54, 1.807) is 0 Å². The molecule has 0 aliphatic rings. The van der Waals surface area contributed by atoms with E-state index >= 15 is 0 Å². The monoisotopic (exact) mass is 330 g/mol. The fourth-order valence-corrected chi connectivity index (χ4v) is 2.30. The summed E-state index contributed by atoms with van der Waals surface area (Å²) in [6.07, 6.45) is 1.38. The molecule has 0 saturated carbocycles. The first-order valence-corrected chi connectivity index (χ1v) is 8.43. The molecule has 0 aliphatic heterocycles. The maximum atomic E-state index is 12.0. The molecule has 2 rings (SSSR count). The van der Waals surface area contributed by atoms with Gasteiger partial charge in [0.25, 0.3) is 0 Å². The van der Waals surface area contributed by atoms with Crippen LogP contribution in [0.15, 0.2) is 28.7 Å². The number of oxazole rings is 1. The van der Waals surface area contributed by atoms with E-state index in [4.69, 9.17) is 9.15 Å². The number of aryl methyl sites for hydroxylation is 2. The van der Waals surface area contributed by atoms with Crippen molar-refractivity contribution in [2.45, 2.75) is 46.6 Å². The van der Waals surface area contributed by atoms with Gasteiger partial charge in [0.2, 0.25) is 11.8 Å². The number of rotatable bonds is 8. The van der Waals surface area contributed by atoms with Crippen LogP contribution in [-0.4, -0.2) is 30.1 Å². The zero-order valence-electron chi connectivity index (χ0n) is 14.9. The van der Waals surface area contributed by atoms with Gasteiger partial charge in [-0.1, -0.05) is 19.1 Å². The molecule has 0 fully saturated rings. The van der Waals surface area contributed by atoms with Gasteiger partial charge in [-0.2, -0.15) is 0 Å². The highest BCUT2D eigenvalue weighted by Gasteiger charge is 2.14. The number of aromatic nitrogens is 1. The van der Waals surface area contributed by atoms with Crippen LogP contribution in [0, 0.1) is 6.92 Å². The highest BCUT2D eigenvalue weighted by Crippen LogP contribution is 2.22. The summed E-state index contributed by atoms with van der Waals surface area (Å²) in [5, 5.41) is 2.83. The molecule has 2 aromatic rings. The summed E-state index contributed by atoms with van der Waals surface area (Å²) in [6, 6.07) is 8.13. The van der Waals surface area contributed by atoms with Gasteiger partial charge in [0, 0.05) is 12.1 Å². The van der Waals surface area contributed by atoms with Gasteiger partial charge in [-0.15, -0.1) is 0 Å². The zero-order valence-corrected chi connectivity index (χ0v) is 14.9. The van der Waals surface area contributed by atoms with Crippen LogP contribution in [-0.2, 0) is 22.4 Å². The number of carbonyl (C=O) groups is 1. The minimum absolute atomic E-state index is 0.0772. The van der Waals surface area contributed by atoms with E-state index < -0.39 is 0 Å². The fraction of sp³-hybridized carbons (Fsp3) is 0.474. The van der Waals surface area contributed by atoms with Crippen molar-refractivity contribution in [2.24, 2.45) is 0 Å². The number of carbonyl (C=O) groups excluding carboxylic acids is 1. The average molecular weight is 330 g/mol. The Hall–Kier alpha value is -2.14. The normalized spacial score (nSPS) is 11.0. The lowest BCUT2D eigenvalue weighted by molar-refractivity contribution is -0.120. The number of hydrogen-bond donors (Lipinski definition) is 1. The molecule has 0 aliphatic carbocycles. The molecule has 0 bridgehead atoms. The molecule has 0 unspecified atom stereocenters. The topological polar surface area (TPSA) is 64.4 Å². The Morgan fingerprint density at radius 1 is 1.29 bits per heavy atom. The lowest BCUT2D eigenvalue weighted by Gasteiger charge is -2.08. The van der Waals surface area contributed by atoms with Crippen LogP contribution in [0.25, 0.3) is 11.5 Å². The third-order valence-electron chi connectivity index (χ3n) is 3.71. The predicted octanol–water partition coefficient (Wildman–Crippen LogP) is 3.30. The molecule has 0 saturated heterocycles. The SMILES string of the molecule is CCc1ccc(-c2nc(CC(=O)NCCOC(C)C)c(C)o2)cc1. The molecule has 24 heavy (non-hydrogen) atoms. The molecule has 0 radical (unpaired) electrons. The summed E-state index contributed by atoms with van der Waals surface area (Å²) >= 11 is 0. The summed E-state index contributed by atoms with van der Waals surface area (Å²) in [6.45, 7) is 8.90. The molecule has 130 valence electrons. The van der Waals surface area contributed by atoms with Gasteiger partial charge >= 0.3 is 0 Å². The van der Waals surface area contributed by atoms with Crippen molar-refractivity contribution in [3.63, 3.8) is 0 Å². The first kappa shape index (κ1) is 18.2. The smallest absolute Gasteiger partial charge is 0.226 e. The lowest BCUT2D eigenvalue weighted by atomic mass is 10.1. The predicted molar refractivity (Wildman–Crippen MR) is 93.9 cm³/mol. The van der Waals surface area contributed by atoms with Gasteiger partial charge in [-0.3, -0.25) is 4.79 Å². The van der Waals surface area contributed by atoms with Crippen LogP contribution in [0.4, 0.5) is 0 Å². The largest absolute Gasteiger partial charge is 0.441 e. The highest BCUT2D eigenvalue weighted by molar-refractivity contribution is 5.78. The van der Waals surface area contributed by atoms with Crippen molar-refractivity contribution >= 4 is 5.91 Å². The molecule has 1 heterocycles. The first-order valence-electron chi connectivity index (χ1n) is 8.43. The van der Waals surface area contributed by atoms with Crippen molar-refractivity contribution < 1.29 is 13.9 Å². The molecule has 1 aromatic carbocycles. The van der Waals surface area contributed by atoms with Crippen LogP contribution in [0.5, 0.6) is 0 Å². The van der Waals surface area contributed by atoms with Crippen LogP contribution in [0.2, 0.25) is 0 Å². The number of nitrogens with zero attached hydrogens (tertiary/aromatic N) is 1. The molecule has 0 atom stereocenters. The maximum Gasteiger partial charge on any atom is 0.226 e. The van der Waals surface area contributed by atoms with Gasteiger partial charge in [-0.05, 0) is 44.9 Å². The second-order valence-corrected chi connectivity index (χ2v) is 6.02. The van der Waals surface area contributed by atoms with Gasteiger partial charge < -0.3 is 14.5 Å². The number of hydrogen-bond acceptors (Lipinski definition) is 4. The summed E-state index contributed by atoms with van der Waals surface area (Å²) in [7, 11) is 0. The molecule has 1 aromatic heterocycles. The van der Waals surface area contributed by atoms with Crippen molar-refractivity contribution in [1.29, 1.82) is 0 Å². The molecular weight excluding hydrogens is 304 g/mol. The highest BCUT2D eigenvalue weighted by atomic mass is 16.5. The molecule has 5 heteroatoms. The van der Waals surface area contributed by atoms with Crippen molar-refractivity contribution in [3.8, 4) is 11.5 Å². The number of ether oxygens (including phenoxy) is 1. The average Bonchev–Trinajstić information content (AvgIpc) is 2.92. The third kappa shape index (κ3) is 5.20. The molecule has 1 N–H and O–H groups in total. The maximum absolute atomic E-state index is 12.0. The van der Waals surface area contributed by atoms with Gasteiger partial charge in [0.15, 0.2) is 0 Å². The standard InChI is InChI=1S/C19H26N2O3/c1-5-15-6-8-16(9-7-15)19-21-17(14(4)24-19)12-18(22)20-10-11-23-13(2)3/h6-9,13H,5,10-12H2,1-4H3,(H,20,22). The van der Waals surface area contributed by atoms with Crippen molar-refractivity contribution in [3.05, 3.63) is 41.3 Å². The van der Waals surface area contributed by atoms with Gasteiger partial charge in [0.1, 0.15) is 5.76 Å². The minimum atomic E-state index is -0.0772. The van der Waals surface area contributed by atoms with Gasteiger partial charge in [0.05, 0.1) is 24.8 Å². The Bertz CT molecular complexity index is 660. The van der Waals surface area contributed by atoms with E-state index in [1.165, 1.54) is 5.56 Å². The Morgan fingerprint density at radius 3 is 2.62 bits per heavy atom. The molecule has 1 amide bonds. The fourth-order valence-electron chi connectivity index (χ4n) is 2.30. The second-order valence-electron chi connectivity index (χ2n) is 6.02. The zero-order chi connectivity index (χ0) is 17.5. The van der Waals surface area contributed by atoms with E-state index in [9.17, 15) is 4.79 Å². The summed E-state index contributed by atoms with van der Waals surface area (Å²) < 4.78 is 11.1. The molecule has 0 spiro atoms. The van der Waals surface area contributed by atoms with E-state index in [-0.39, 0.29) is 18.4 Å². The van der Waals surface area contributed by atoms with Crippen LogP contribution >= 0.6 is 0 Å². The number of amides is 1. The summed E-state index contributed by atoms with van der Waals surface area (Å²) in [5.41, 5.74) is 2.87. The molecule has 5 nitrogen and oxygen atoms in total. The van der Waals surface area contributed by atoms with E-state index in [2.05, 4.69) is 29.4 Å². The Labute approximate surface area is 143 Å². The minimum Gasteiger partial charge on any atom is -0.441 e. The van der Waals surface area contributed by atoms with E-state index in [1.807, 2.05) is 32.9 Å². The third-order valence-corrected chi connectivity index (χ3v) is 3.71. The van der Waals surface area contributed by atoms with Crippen LogP contribution in [0.3, 0.4) is 0 Å². The number of benzene rings is 1. The quantitative estimate of drug-likeness (QED) is 0.754. The Morgan fingerprint density at radius 2 is 2.00 bits per heavy atom. The molecular formula is C19H26N2O3. The Kier molecular flexibility index (Phi) is 6.55. The van der Waals surface area contributed by atoms with Crippen LogP contribution < -0.4 is 5.32 Å². The van der Waals surface area contributed by atoms with Crippen molar-refractivity contribution in [1.82, 2.24) is 10.3 Å². The van der Waals surface area contributed by atoms with E-state index in [0.717, 1.165) is 12.0 Å². The second kappa shape index (κ2) is 8.64. The first-order chi connectivity index (χ1) is 11.5. The number of nitrogens with one attached hydrogen (secondary N) is 1. The van der Waals surface area contributed by atoms with Crippen LogP contribution in [0.1, 0.15) is 37.8 Å². The van der Waals surface area contributed by atoms with Crippen molar-refractivity contribution in [2.75, 3.05) is 13.2 Å². The lowest BCUT2D eigenvalue weighted by Crippen LogP contribution is -2.29.